The minimum absolute atomic E-state index is 0.479. The first-order valence-electron chi connectivity index (χ1n) is 6.49. The van der Waals surface area contributed by atoms with E-state index < -0.39 is 0 Å². The zero-order valence-corrected chi connectivity index (χ0v) is 12.5. The largest absolute Gasteiger partial charge is 0.398 e. The monoisotopic (exact) mass is 292 g/mol. The summed E-state index contributed by atoms with van der Waals surface area (Å²) in [4.78, 5) is 4.04. The van der Waals surface area contributed by atoms with Crippen molar-refractivity contribution >= 4 is 28.6 Å². The Bertz CT molecular complexity index is 594. The van der Waals surface area contributed by atoms with Gasteiger partial charge in [0.2, 0.25) is 0 Å². The van der Waals surface area contributed by atoms with Crippen molar-refractivity contribution in [3.8, 4) is 0 Å². The molecule has 0 saturated carbocycles. The molecule has 1 aliphatic rings. The number of rotatable bonds is 2. The lowest BCUT2D eigenvalue weighted by molar-refractivity contribution is 0.191. The summed E-state index contributed by atoms with van der Waals surface area (Å²) in [6.45, 7) is 4.32. The molecule has 0 bridgehead atoms. The molecule has 0 spiro atoms. The molecule has 2 N–H and O–H groups in total. The van der Waals surface area contributed by atoms with Gasteiger partial charge in [0.1, 0.15) is 0 Å². The lowest BCUT2D eigenvalue weighted by atomic mass is 10.0. The van der Waals surface area contributed by atoms with Gasteiger partial charge in [-0.2, -0.15) is 0 Å². The van der Waals surface area contributed by atoms with Crippen molar-refractivity contribution in [1.82, 2.24) is 4.90 Å². The van der Waals surface area contributed by atoms with E-state index in [2.05, 4.69) is 29.3 Å². The van der Waals surface area contributed by atoms with Gasteiger partial charge in [-0.1, -0.05) is 17.7 Å². The van der Waals surface area contributed by atoms with Crippen LogP contribution in [0.15, 0.2) is 29.6 Å². The number of hydrogen-bond acceptors (Lipinski definition) is 3. The third-order valence-corrected chi connectivity index (χ3v) is 5.19. The molecule has 4 heteroatoms. The number of halogens is 1. The smallest absolute Gasteiger partial charge is 0.0635 e. The predicted molar refractivity (Wildman–Crippen MR) is 82.7 cm³/mol. The second-order valence-corrected chi connectivity index (χ2v) is 6.46. The molecule has 0 saturated heterocycles. The molecule has 2 nitrogen and oxygen atoms in total. The molecular weight excluding hydrogens is 276 g/mol. The number of hydrogen-bond donors (Lipinski definition) is 1. The molecule has 100 valence electrons. The number of nitrogens with zero attached hydrogens (tertiary/aromatic N) is 1. The normalized spacial score (nSPS) is 19.4. The third-order valence-electron chi connectivity index (χ3n) is 3.85. The first kappa shape index (κ1) is 13.0. The molecule has 0 amide bonds. The van der Waals surface area contributed by atoms with Crippen LogP contribution in [0.1, 0.15) is 29.0 Å². The van der Waals surface area contributed by atoms with Crippen LogP contribution in [-0.2, 0) is 13.0 Å². The first-order chi connectivity index (χ1) is 9.15. The summed E-state index contributed by atoms with van der Waals surface area (Å²) in [6, 6.07) is 8.67. The van der Waals surface area contributed by atoms with Crippen LogP contribution in [0.4, 0.5) is 5.69 Å². The van der Waals surface area contributed by atoms with Crippen molar-refractivity contribution in [2.45, 2.75) is 25.9 Å². The van der Waals surface area contributed by atoms with Gasteiger partial charge in [0.15, 0.2) is 0 Å². The van der Waals surface area contributed by atoms with E-state index in [9.17, 15) is 0 Å². The maximum absolute atomic E-state index is 5.97. The zero-order valence-electron chi connectivity index (χ0n) is 10.9. The molecule has 19 heavy (non-hydrogen) atoms. The van der Waals surface area contributed by atoms with E-state index in [1.807, 2.05) is 23.5 Å². The minimum Gasteiger partial charge on any atom is -0.398 e. The van der Waals surface area contributed by atoms with Crippen molar-refractivity contribution in [3.05, 3.63) is 50.7 Å². The Balaban J connectivity index is 1.79. The van der Waals surface area contributed by atoms with Crippen LogP contribution in [0.2, 0.25) is 5.02 Å². The number of benzene rings is 1. The molecule has 1 aliphatic heterocycles. The SMILES string of the molecule is CC1c2ccsc2CCN1Cc1ccc(Cl)c(N)c1. The topological polar surface area (TPSA) is 29.3 Å². The van der Waals surface area contributed by atoms with Crippen molar-refractivity contribution in [1.29, 1.82) is 0 Å². The molecule has 1 aromatic heterocycles. The molecule has 0 fully saturated rings. The van der Waals surface area contributed by atoms with Crippen LogP contribution >= 0.6 is 22.9 Å². The van der Waals surface area contributed by atoms with Crippen LogP contribution in [0.3, 0.4) is 0 Å². The van der Waals surface area contributed by atoms with E-state index in [0.717, 1.165) is 19.5 Å². The highest BCUT2D eigenvalue weighted by Gasteiger charge is 2.24. The molecule has 2 aromatic rings. The maximum Gasteiger partial charge on any atom is 0.0635 e. The highest BCUT2D eigenvalue weighted by Crippen LogP contribution is 2.34. The molecule has 0 radical (unpaired) electrons. The Kier molecular flexibility index (Phi) is 3.52. The number of nitrogens with two attached hydrogens (primary N) is 1. The molecular formula is C15H17ClN2S. The summed E-state index contributed by atoms with van der Waals surface area (Å²) in [5.74, 6) is 0. The van der Waals surface area contributed by atoms with Gasteiger partial charge in [-0.15, -0.1) is 11.3 Å². The van der Waals surface area contributed by atoms with E-state index >= 15 is 0 Å². The first-order valence-corrected chi connectivity index (χ1v) is 7.75. The molecule has 1 unspecified atom stereocenters. The summed E-state index contributed by atoms with van der Waals surface area (Å²) >= 11 is 7.84. The van der Waals surface area contributed by atoms with Gasteiger partial charge in [-0.25, -0.2) is 0 Å². The average Bonchev–Trinajstić information content (AvgIpc) is 2.86. The van der Waals surface area contributed by atoms with E-state index in [0.29, 0.717) is 16.8 Å². The molecule has 3 rings (SSSR count). The van der Waals surface area contributed by atoms with E-state index in [4.69, 9.17) is 17.3 Å². The highest BCUT2D eigenvalue weighted by molar-refractivity contribution is 7.10. The van der Waals surface area contributed by atoms with Gasteiger partial charge in [-0.05, 0) is 48.1 Å². The van der Waals surface area contributed by atoms with E-state index in [1.165, 1.54) is 11.1 Å². The Hall–Kier alpha value is -1.03. The second-order valence-electron chi connectivity index (χ2n) is 5.05. The van der Waals surface area contributed by atoms with Crippen LogP contribution in [-0.4, -0.2) is 11.4 Å². The summed E-state index contributed by atoms with van der Waals surface area (Å²) in [5.41, 5.74) is 9.25. The Morgan fingerprint density at radius 2 is 2.26 bits per heavy atom. The molecule has 2 heterocycles. The van der Waals surface area contributed by atoms with Gasteiger partial charge in [0.05, 0.1) is 10.7 Å². The van der Waals surface area contributed by atoms with Crippen molar-refractivity contribution in [2.75, 3.05) is 12.3 Å². The summed E-state index contributed by atoms with van der Waals surface area (Å²) in [5, 5.41) is 2.83. The zero-order chi connectivity index (χ0) is 13.4. The summed E-state index contributed by atoms with van der Waals surface area (Å²) < 4.78 is 0. The standard InChI is InChI=1S/C15H17ClN2S/c1-10-12-5-7-19-15(12)4-6-18(10)9-11-2-3-13(16)14(17)8-11/h2-3,5,7-8,10H,4,6,9,17H2,1H3. The minimum atomic E-state index is 0.479. The number of anilines is 1. The predicted octanol–water partition coefficient (Wildman–Crippen LogP) is 4.10. The van der Waals surface area contributed by atoms with Crippen molar-refractivity contribution in [3.63, 3.8) is 0 Å². The fourth-order valence-electron chi connectivity index (χ4n) is 2.70. The highest BCUT2D eigenvalue weighted by atomic mass is 35.5. The van der Waals surface area contributed by atoms with Gasteiger partial charge in [0, 0.05) is 24.0 Å². The van der Waals surface area contributed by atoms with Crippen molar-refractivity contribution in [2.24, 2.45) is 0 Å². The fraction of sp³-hybridized carbons (Fsp3) is 0.333. The average molecular weight is 293 g/mol. The van der Waals surface area contributed by atoms with Gasteiger partial charge in [-0.3, -0.25) is 4.90 Å². The summed E-state index contributed by atoms with van der Waals surface area (Å²) in [6.07, 6.45) is 1.15. The molecule has 1 atom stereocenters. The number of fused-ring (bicyclic) bond motifs is 1. The van der Waals surface area contributed by atoms with Gasteiger partial charge >= 0.3 is 0 Å². The van der Waals surface area contributed by atoms with Gasteiger partial charge < -0.3 is 5.73 Å². The van der Waals surface area contributed by atoms with E-state index in [-0.39, 0.29) is 0 Å². The van der Waals surface area contributed by atoms with Crippen molar-refractivity contribution < 1.29 is 0 Å². The lowest BCUT2D eigenvalue weighted by Gasteiger charge is -2.33. The van der Waals surface area contributed by atoms with Crippen LogP contribution in [0.5, 0.6) is 0 Å². The number of nitrogen functional groups attached to an aromatic ring is 1. The van der Waals surface area contributed by atoms with Gasteiger partial charge in [0.25, 0.3) is 0 Å². The Morgan fingerprint density at radius 1 is 1.42 bits per heavy atom. The van der Waals surface area contributed by atoms with Crippen LogP contribution in [0, 0.1) is 0 Å². The second kappa shape index (κ2) is 5.16. The quantitative estimate of drug-likeness (QED) is 0.844. The maximum atomic E-state index is 5.97. The lowest BCUT2D eigenvalue weighted by Crippen LogP contribution is -2.32. The van der Waals surface area contributed by atoms with Crippen LogP contribution in [0.25, 0.3) is 0 Å². The Morgan fingerprint density at radius 3 is 3.05 bits per heavy atom. The van der Waals surface area contributed by atoms with Crippen LogP contribution < -0.4 is 5.73 Å². The summed E-state index contributed by atoms with van der Waals surface area (Å²) in [7, 11) is 0. The molecule has 0 aliphatic carbocycles. The number of thiophene rings is 1. The Labute approximate surface area is 122 Å². The molecule has 1 aromatic carbocycles. The third kappa shape index (κ3) is 2.50. The fourth-order valence-corrected chi connectivity index (χ4v) is 3.78. The van der Waals surface area contributed by atoms with E-state index in [1.54, 1.807) is 4.88 Å².